The van der Waals surface area contributed by atoms with Crippen LogP contribution in [0.15, 0.2) is 36.5 Å². The molecule has 0 aliphatic carbocycles. The number of amides is 1. The van der Waals surface area contributed by atoms with Crippen molar-refractivity contribution in [1.29, 1.82) is 0 Å². The molecule has 1 heterocycles. The molecule has 1 aromatic heterocycles. The van der Waals surface area contributed by atoms with Crippen LogP contribution in [0.4, 0.5) is 0 Å². The Kier molecular flexibility index (Phi) is 4.58. The van der Waals surface area contributed by atoms with Crippen molar-refractivity contribution in [2.24, 2.45) is 0 Å². The third kappa shape index (κ3) is 3.48. The molecule has 1 amide bonds. The van der Waals surface area contributed by atoms with E-state index >= 15 is 0 Å². The summed E-state index contributed by atoms with van der Waals surface area (Å²) in [6.45, 7) is 2.35. The van der Waals surface area contributed by atoms with Crippen molar-refractivity contribution in [1.82, 2.24) is 10.3 Å². The van der Waals surface area contributed by atoms with Crippen LogP contribution < -0.4 is 10.1 Å². The highest BCUT2D eigenvalue weighted by Crippen LogP contribution is 2.17. The first-order valence-corrected chi connectivity index (χ1v) is 6.51. The van der Waals surface area contributed by atoms with Crippen molar-refractivity contribution in [3.63, 3.8) is 0 Å². The minimum Gasteiger partial charge on any atom is -0.481 e. The molecule has 20 heavy (non-hydrogen) atoms. The van der Waals surface area contributed by atoms with E-state index in [9.17, 15) is 4.79 Å². The van der Waals surface area contributed by atoms with Crippen molar-refractivity contribution < 1.29 is 9.53 Å². The SMILES string of the molecule is COc1ccc(C(=O)NCc2ccc(C)cc2Cl)cn1. The molecule has 0 unspecified atom stereocenters. The molecule has 4 nitrogen and oxygen atoms in total. The molecule has 0 spiro atoms. The monoisotopic (exact) mass is 290 g/mol. The van der Waals surface area contributed by atoms with E-state index in [1.807, 2.05) is 25.1 Å². The lowest BCUT2D eigenvalue weighted by Gasteiger charge is -2.08. The molecule has 1 aromatic carbocycles. The van der Waals surface area contributed by atoms with Crippen LogP contribution in [0.25, 0.3) is 0 Å². The number of rotatable bonds is 4. The van der Waals surface area contributed by atoms with Gasteiger partial charge in [-0.2, -0.15) is 0 Å². The second-order valence-electron chi connectivity index (χ2n) is 4.37. The second-order valence-corrected chi connectivity index (χ2v) is 4.77. The molecule has 0 bridgehead atoms. The van der Waals surface area contributed by atoms with Gasteiger partial charge in [-0.25, -0.2) is 4.98 Å². The molecule has 104 valence electrons. The van der Waals surface area contributed by atoms with Gasteiger partial charge in [-0.05, 0) is 30.2 Å². The number of aromatic nitrogens is 1. The fraction of sp³-hybridized carbons (Fsp3) is 0.200. The quantitative estimate of drug-likeness (QED) is 0.942. The maximum absolute atomic E-state index is 12.0. The van der Waals surface area contributed by atoms with Gasteiger partial charge in [0.2, 0.25) is 5.88 Å². The number of hydrogen-bond donors (Lipinski definition) is 1. The molecule has 1 N–H and O–H groups in total. The number of halogens is 1. The summed E-state index contributed by atoms with van der Waals surface area (Å²) in [5.41, 5.74) is 2.45. The summed E-state index contributed by atoms with van der Waals surface area (Å²) >= 11 is 6.12. The van der Waals surface area contributed by atoms with Crippen LogP contribution in [0, 0.1) is 6.92 Å². The molecular weight excluding hydrogens is 276 g/mol. The highest BCUT2D eigenvalue weighted by Gasteiger charge is 2.07. The Morgan fingerprint density at radius 1 is 1.35 bits per heavy atom. The third-order valence-electron chi connectivity index (χ3n) is 2.86. The third-order valence-corrected chi connectivity index (χ3v) is 3.21. The number of aryl methyl sites for hydroxylation is 1. The molecule has 0 atom stereocenters. The Morgan fingerprint density at radius 2 is 2.15 bits per heavy atom. The van der Waals surface area contributed by atoms with Gasteiger partial charge in [-0.1, -0.05) is 23.7 Å². The first-order chi connectivity index (χ1) is 9.60. The summed E-state index contributed by atoms with van der Waals surface area (Å²) in [6, 6.07) is 9.05. The van der Waals surface area contributed by atoms with Crippen LogP contribution in [-0.4, -0.2) is 18.0 Å². The average Bonchev–Trinajstić information content (AvgIpc) is 2.46. The molecule has 0 aliphatic rings. The fourth-order valence-electron chi connectivity index (χ4n) is 1.71. The van der Waals surface area contributed by atoms with Crippen molar-refractivity contribution in [3.8, 4) is 5.88 Å². The number of methoxy groups -OCH3 is 1. The van der Waals surface area contributed by atoms with Crippen LogP contribution in [-0.2, 0) is 6.54 Å². The normalized spacial score (nSPS) is 10.2. The Morgan fingerprint density at radius 3 is 2.75 bits per heavy atom. The maximum Gasteiger partial charge on any atom is 0.253 e. The Hall–Kier alpha value is -2.07. The first-order valence-electron chi connectivity index (χ1n) is 6.13. The van der Waals surface area contributed by atoms with Crippen LogP contribution in [0.3, 0.4) is 0 Å². The molecule has 2 rings (SSSR count). The van der Waals surface area contributed by atoms with Gasteiger partial charge in [-0.3, -0.25) is 4.79 Å². The predicted molar refractivity (Wildman–Crippen MR) is 78.1 cm³/mol. The maximum atomic E-state index is 12.0. The van der Waals surface area contributed by atoms with E-state index in [0.717, 1.165) is 11.1 Å². The number of nitrogens with zero attached hydrogens (tertiary/aromatic N) is 1. The molecular formula is C15H15ClN2O2. The van der Waals surface area contributed by atoms with Gasteiger partial charge >= 0.3 is 0 Å². The minimum absolute atomic E-state index is 0.197. The Bertz CT molecular complexity index is 612. The highest BCUT2D eigenvalue weighted by molar-refractivity contribution is 6.31. The number of benzene rings is 1. The van der Waals surface area contributed by atoms with E-state index in [2.05, 4.69) is 10.3 Å². The number of carbonyl (C=O) groups is 1. The molecule has 0 aliphatic heterocycles. The van der Waals surface area contributed by atoms with Gasteiger partial charge in [0, 0.05) is 23.8 Å². The lowest BCUT2D eigenvalue weighted by molar-refractivity contribution is 0.0950. The summed E-state index contributed by atoms with van der Waals surface area (Å²) in [6.07, 6.45) is 1.48. The Labute approximate surface area is 122 Å². The molecule has 5 heteroatoms. The largest absolute Gasteiger partial charge is 0.481 e. The lowest BCUT2D eigenvalue weighted by Crippen LogP contribution is -2.23. The van der Waals surface area contributed by atoms with Crippen LogP contribution >= 0.6 is 11.6 Å². The van der Waals surface area contributed by atoms with Gasteiger partial charge in [-0.15, -0.1) is 0 Å². The zero-order chi connectivity index (χ0) is 14.5. The number of pyridine rings is 1. The van der Waals surface area contributed by atoms with Gasteiger partial charge in [0.25, 0.3) is 5.91 Å². The zero-order valence-corrected chi connectivity index (χ0v) is 12.1. The summed E-state index contributed by atoms with van der Waals surface area (Å²) < 4.78 is 4.94. The molecule has 0 radical (unpaired) electrons. The van der Waals surface area contributed by atoms with E-state index in [-0.39, 0.29) is 5.91 Å². The summed E-state index contributed by atoms with van der Waals surface area (Å²) in [7, 11) is 1.53. The predicted octanol–water partition coefficient (Wildman–Crippen LogP) is 2.98. The zero-order valence-electron chi connectivity index (χ0n) is 11.3. The summed E-state index contributed by atoms with van der Waals surface area (Å²) in [4.78, 5) is 16.0. The fourth-order valence-corrected chi connectivity index (χ4v) is 2.01. The lowest BCUT2D eigenvalue weighted by atomic mass is 10.1. The van der Waals surface area contributed by atoms with Crippen LogP contribution in [0.2, 0.25) is 5.02 Å². The summed E-state index contributed by atoms with van der Waals surface area (Å²) in [5, 5.41) is 3.46. The van der Waals surface area contributed by atoms with Gasteiger partial charge in [0.1, 0.15) is 0 Å². The van der Waals surface area contributed by atoms with Gasteiger partial charge < -0.3 is 10.1 Å². The highest BCUT2D eigenvalue weighted by atomic mass is 35.5. The standard InChI is InChI=1S/C15H15ClN2O2/c1-10-3-4-11(13(16)7-10)8-18-15(19)12-5-6-14(20-2)17-9-12/h3-7,9H,8H2,1-2H3,(H,18,19). The number of nitrogens with one attached hydrogen (secondary N) is 1. The van der Waals surface area contributed by atoms with Crippen molar-refractivity contribution in [2.75, 3.05) is 7.11 Å². The Balaban J connectivity index is 2.00. The number of hydrogen-bond acceptors (Lipinski definition) is 3. The number of ether oxygens (including phenoxy) is 1. The van der Waals surface area contributed by atoms with Crippen molar-refractivity contribution in [3.05, 3.63) is 58.2 Å². The molecule has 0 saturated heterocycles. The topological polar surface area (TPSA) is 51.2 Å². The first kappa shape index (κ1) is 14.3. The van der Waals surface area contributed by atoms with Crippen LogP contribution in [0.5, 0.6) is 5.88 Å². The van der Waals surface area contributed by atoms with E-state index in [1.54, 1.807) is 12.1 Å². The van der Waals surface area contributed by atoms with Crippen molar-refractivity contribution >= 4 is 17.5 Å². The van der Waals surface area contributed by atoms with Gasteiger partial charge in [0.05, 0.1) is 12.7 Å². The van der Waals surface area contributed by atoms with E-state index < -0.39 is 0 Å². The molecule has 0 fully saturated rings. The van der Waals surface area contributed by atoms with E-state index in [0.29, 0.717) is 23.0 Å². The van der Waals surface area contributed by atoms with E-state index in [4.69, 9.17) is 16.3 Å². The summed E-state index contributed by atoms with van der Waals surface area (Å²) in [5.74, 6) is 0.278. The second kappa shape index (κ2) is 6.39. The van der Waals surface area contributed by atoms with Gasteiger partial charge in [0.15, 0.2) is 0 Å². The van der Waals surface area contributed by atoms with Crippen molar-refractivity contribution in [2.45, 2.75) is 13.5 Å². The van der Waals surface area contributed by atoms with E-state index in [1.165, 1.54) is 13.3 Å². The van der Waals surface area contributed by atoms with Crippen LogP contribution in [0.1, 0.15) is 21.5 Å². The minimum atomic E-state index is -0.197. The smallest absolute Gasteiger partial charge is 0.253 e. The molecule has 2 aromatic rings. The molecule has 0 saturated carbocycles. The number of carbonyl (C=O) groups excluding carboxylic acids is 1. The average molecular weight is 291 g/mol.